The third kappa shape index (κ3) is 11.0. The molecule has 0 spiro atoms. The number of anilines is 1. The highest BCUT2D eigenvalue weighted by Crippen LogP contribution is 2.28. The van der Waals surface area contributed by atoms with Crippen LogP contribution in [0.25, 0.3) is 11.1 Å². The molecule has 0 aliphatic carbocycles. The Labute approximate surface area is 302 Å². The molecule has 16 heteroatoms. The number of aromatic nitrogens is 2. The zero-order valence-electron chi connectivity index (χ0n) is 29.2. The van der Waals surface area contributed by atoms with Crippen molar-refractivity contribution in [1.82, 2.24) is 29.4 Å². The molecule has 2 amide bonds. The molecule has 0 bridgehead atoms. The van der Waals surface area contributed by atoms with Crippen LogP contribution in [0.3, 0.4) is 0 Å². The lowest BCUT2D eigenvalue weighted by Crippen LogP contribution is -2.52. The van der Waals surface area contributed by atoms with Crippen molar-refractivity contribution in [2.45, 2.75) is 56.8 Å². The summed E-state index contributed by atoms with van der Waals surface area (Å²) in [6, 6.07) is 12.6. The summed E-state index contributed by atoms with van der Waals surface area (Å²) in [4.78, 5) is 38.6. The van der Waals surface area contributed by atoms with E-state index in [1.165, 1.54) is 46.7 Å². The van der Waals surface area contributed by atoms with Gasteiger partial charge in [-0.2, -0.15) is 9.29 Å². The van der Waals surface area contributed by atoms with Gasteiger partial charge in [0.05, 0.1) is 34.0 Å². The molecule has 1 saturated heterocycles. The predicted molar refractivity (Wildman–Crippen MR) is 195 cm³/mol. The van der Waals surface area contributed by atoms with Gasteiger partial charge < -0.3 is 24.5 Å². The molecule has 1 fully saturated rings. The van der Waals surface area contributed by atoms with Gasteiger partial charge in [-0.25, -0.2) is 13.2 Å². The molecule has 5 rings (SSSR count). The van der Waals surface area contributed by atoms with Crippen LogP contribution in [-0.4, -0.2) is 115 Å². The number of likely N-dealkylation sites (N-methyl/N-ethyl adjacent to an activating group) is 1. The lowest BCUT2D eigenvalue weighted by atomic mass is 10.0. The SMILES string of the molecule is CC(C)CN(C(Cc1ccccc1)C(O)CNC(=O)OCc1cncs1)S(=O)(=O)c1ccc2nc(NC(=O)CN(C)CCN3CCCC3)oc2c1. The second kappa shape index (κ2) is 18.0. The van der Waals surface area contributed by atoms with Crippen LogP contribution in [0.4, 0.5) is 10.8 Å². The molecule has 2 unspecified atom stereocenters. The summed E-state index contributed by atoms with van der Waals surface area (Å²) in [7, 11) is -2.35. The van der Waals surface area contributed by atoms with Crippen molar-refractivity contribution < 1.29 is 32.3 Å². The first-order valence-electron chi connectivity index (χ1n) is 17.1. The van der Waals surface area contributed by atoms with E-state index in [1.807, 2.05) is 56.1 Å². The summed E-state index contributed by atoms with van der Waals surface area (Å²) in [5, 5.41) is 16.8. The number of nitrogens with zero attached hydrogens (tertiary/aromatic N) is 5. The van der Waals surface area contributed by atoms with E-state index < -0.39 is 28.3 Å². The fourth-order valence-electron chi connectivity index (χ4n) is 5.94. The zero-order valence-corrected chi connectivity index (χ0v) is 30.9. The molecule has 0 saturated carbocycles. The number of ether oxygens (including phenoxy) is 1. The quantitative estimate of drug-likeness (QED) is 0.136. The Hall–Kier alpha value is -3.93. The smallest absolute Gasteiger partial charge is 0.407 e. The Morgan fingerprint density at radius 1 is 1.14 bits per heavy atom. The van der Waals surface area contributed by atoms with Crippen molar-refractivity contribution in [3.8, 4) is 0 Å². The molecule has 4 aromatic rings. The molecule has 14 nitrogen and oxygen atoms in total. The number of hydrogen-bond acceptors (Lipinski definition) is 12. The average Bonchev–Trinajstić information content (AvgIpc) is 3.89. The summed E-state index contributed by atoms with van der Waals surface area (Å²) in [6.07, 6.45) is 2.16. The average molecular weight is 742 g/mol. The van der Waals surface area contributed by atoms with Gasteiger partial charge in [-0.1, -0.05) is 44.2 Å². The fraction of sp³-hybridized carbons (Fsp3) is 0.486. The first-order chi connectivity index (χ1) is 24.5. The van der Waals surface area contributed by atoms with E-state index in [2.05, 4.69) is 25.5 Å². The normalized spacial score (nSPS) is 15.1. The van der Waals surface area contributed by atoms with E-state index >= 15 is 0 Å². The van der Waals surface area contributed by atoms with E-state index in [-0.39, 0.29) is 61.0 Å². The lowest BCUT2D eigenvalue weighted by molar-refractivity contribution is -0.117. The minimum atomic E-state index is -4.24. The Bertz CT molecular complexity index is 1810. The zero-order chi connectivity index (χ0) is 36.4. The Kier molecular flexibility index (Phi) is 13.5. The predicted octanol–water partition coefficient (Wildman–Crippen LogP) is 3.80. The Morgan fingerprint density at radius 2 is 1.90 bits per heavy atom. The number of sulfonamides is 1. The maximum Gasteiger partial charge on any atom is 0.407 e. The first-order valence-corrected chi connectivity index (χ1v) is 19.4. The molecule has 1 aliphatic rings. The second-order valence-electron chi connectivity index (χ2n) is 13.2. The molecule has 2 aromatic heterocycles. The second-order valence-corrected chi connectivity index (χ2v) is 16.1. The largest absolute Gasteiger partial charge is 0.444 e. The minimum absolute atomic E-state index is 0.0257. The number of fused-ring (bicyclic) bond motifs is 1. The number of aliphatic hydroxyl groups excluding tert-OH is 1. The van der Waals surface area contributed by atoms with Crippen molar-refractivity contribution in [3.05, 3.63) is 70.7 Å². The van der Waals surface area contributed by atoms with Crippen LogP contribution in [0.1, 0.15) is 37.1 Å². The molecule has 3 heterocycles. The summed E-state index contributed by atoms with van der Waals surface area (Å²) >= 11 is 1.35. The van der Waals surface area contributed by atoms with Gasteiger partial charge in [-0.3, -0.25) is 20.0 Å². The maximum atomic E-state index is 14.4. The number of nitrogens with one attached hydrogen (secondary N) is 2. The van der Waals surface area contributed by atoms with Gasteiger partial charge in [0.1, 0.15) is 12.1 Å². The Morgan fingerprint density at radius 3 is 2.61 bits per heavy atom. The molecule has 3 N–H and O–H groups in total. The highest BCUT2D eigenvalue weighted by Gasteiger charge is 2.37. The topological polar surface area (TPSA) is 170 Å². The van der Waals surface area contributed by atoms with Crippen LogP contribution >= 0.6 is 11.3 Å². The van der Waals surface area contributed by atoms with Crippen molar-refractivity contribution in [1.29, 1.82) is 0 Å². The summed E-state index contributed by atoms with van der Waals surface area (Å²) in [6.45, 7) is 7.64. The summed E-state index contributed by atoms with van der Waals surface area (Å²) in [5.74, 6) is -0.396. The summed E-state index contributed by atoms with van der Waals surface area (Å²) in [5.41, 5.74) is 3.01. The molecule has 2 atom stereocenters. The van der Waals surface area contributed by atoms with Crippen molar-refractivity contribution in [3.63, 3.8) is 0 Å². The third-order valence-electron chi connectivity index (χ3n) is 8.55. The number of oxazole rings is 1. The number of alkyl carbamates (subject to hydrolysis) is 1. The van der Waals surface area contributed by atoms with E-state index in [1.54, 1.807) is 11.7 Å². The first kappa shape index (κ1) is 38.3. The van der Waals surface area contributed by atoms with Gasteiger partial charge in [0.2, 0.25) is 15.9 Å². The van der Waals surface area contributed by atoms with Crippen molar-refractivity contribution in [2.75, 3.05) is 58.2 Å². The highest BCUT2D eigenvalue weighted by atomic mass is 32.2. The number of carbonyl (C=O) groups excluding carboxylic acids is 2. The molecule has 1 aliphatic heterocycles. The number of carbonyl (C=O) groups is 2. The van der Waals surface area contributed by atoms with Gasteiger partial charge >= 0.3 is 12.1 Å². The highest BCUT2D eigenvalue weighted by molar-refractivity contribution is 7.89. The monoisotopic (exact) mass is 741 g/mol. The van der Waals surface area contributed by atoms with Gasteiger partial charge in [0.15, 0.2) is 5.58 Å². The molecular formula is C35H47N7O7S2. The minimum Gasteiger partial charge on any atom is -0.444 e. The van der Waals surface area contributed by atoms with Crippen LogP contribution in [0.2, 0.25) is 0 Å². The van der Waals surface area contributed by atoms with Gasteiger partial charge in [0, 0.05) is 38.4 Å². The van der Waals surface area contributed by atoms with Crippen molar-refractivity contribution >= 4 is 50.5 Å². The molecule has 0 radical (unpaired) electrons. The number of likely N-dealkylation sites (tertiary alicyclic amines) is 1. The summed E-state index contributed by atoms with van der Waals surface area (Å²) < 4.78 is 41.2. The van der Waals surface area contributed by atoms with Crippen molar-refractivity contribution in [2.24, 2.45) is 5.92 Å². The van der Waals surface area contributed by atoms with E-state index in [9.17, 15) is 23.1 Å². The van der Waals surface area contributed by atoms with Crippen LogP contribution in [0, 0.1) is 5.92 Å². The number of thiazole rings is 1. The van der Waals surface area contributed by atoms with Crippen LogP contribution in [0.15, 0.2) is 69.6 Å². The van der Waals surface area contributed by atoms with Gasteiger partial charge in [-0.05, 0) is 63.0 Å². The van der Waals surface area contributed by atoms with Gasteiger partial charge in [0.25, 0.3) is 0 Å². The van der Waals surface area contributed by atoms with Crippen LogP contribution in [0.5, 0.6) is 0 Å². The molecule has 276 valence electrons. The maximum absolute atomic E-state index is 14.4. The molecular weight excluding hydrogens is 695 g/mol. The number of rotatable bonds is 18. The third-order valence-corrected chi connectivity index (χ3v) is 11.2. The number of benzene rings is 2. The lowest BCUT2D eigenvalue weighted by Gasteiger charge is -2.35. The fourth-order valence-corrected chi connectivity index (χ4v) is 8.28. The van der Waals surface area contributed by atoms with Gasteiger partial charge in [-0.15, -0.1) is 11.3 Å². The van der Waals surface area contributed by atoms with Crippen LogP contribution in [-0.2, 0) is 32.6 Å². The molecule has 51 heavy (non-hydrogen) atoms. The van der Waals surface area contributed by atoms with E-state index in [4.69, 9.17) is 9.15 Å². The van der Waals surface area contributed by atoms with E-state index in [0.29, 0.717) is 5.52 Å². The number of hydrogen-bond donors (Lipinski definition) is 3. The number of aliphatic hydroxyl groups is 1. The number of amides is 2. The van der Waals surface area contributed by atoms with E-state index in [0.717, 1.165) is 36.6 Å². The van der Waals surface area contributed by atoms with Crippen LogP contribution < -0.4 is 10.6 Å². The standard InChI is InChI=1S/C35H47N7O7S2/c1-25(2)21-42(30(17-26-9-5-4-6-10-26)31(43)20-37-35(45)48-23-27-19-36-24-50-27)51(46,47)28-11-12-29-32(18-28)49-34(38-29)39-33(44)22-40(3)15-16-41-13-7-8-14-41/h4-6,9-12,18-19,24-25,30-31,43H,7-8,13-17,20-23H2,1-3H3,(H,37,45)(H,38,39,44). The molecule has 2 aromatic carbocycles. The Balaban J connectivity index is 1.31.